The highest BCUT2D eigenvalue weighted by Crippen LogP contribution is 2.20. The van der Waals surface area contributed by atoms with Crippen molar-refractivity contribution in [3.8, 4) is 0 Å². The summed E-state index contributed by atoms with van der Waals surface area (Å²) in [6.07, 6.45) is -0.0809. The van der Waals surface area contributed by atoms with E-state index in [9.17, 15) is 14.4 Å². The molecule has 2 aromatic rings. The van der Waals surface area contributed by atoms with Crippen LogP contribution < -0.4 is 5.32 Å². The maximum absolute atomic E-state index is 12.4. The summed E-state index contributed by atoms with van der Waals surface area (Å²) in [5.41, 5.74) is 3.14. The second-order valence-corrected chi connectivity index (χ2v) is 7.06. The molecule has 1 unspecified atom stereocenters. The zero-order valence-electron chi connectivity index (χ0n) is 16.5. The molecular weight excluding hydrogens is 380 g/mol. The van der Waals surface area contributed by atoms with Gasteiger partial charge in [0.1, 0.15) is 0 Å². The van der Waals surface area contributed by atoms with Crippen molar-refractivity contribution in [3.05, 3.63) is 57.9 Å². The minimum atomic E-state index is -0.564. The fourth-order valence-electron chi connectivity index (χ4n) is 3.21. The van der Waals surface area contributed by atoms with Crippen LogP contribution in [0.4, 0.5) is 0 Å². The Bertz CT molecular complexity index is 871. The number of benzene rings is 1. The minimum absolute atomic E-state index is 0.0809. The molecule has 1 N–H and O–H groups in total. The highest BCUT2D eigenvalue weighted by molar-refractivity contribution is 6.30. The quantitative estimate of drug-likeness (QED) is 0.536. The predicted octanol–water partition coefficient (Wildman–Crippen LogP) is 3.77. The Balaban J connectivity index is 2.01. The Labute approximate surface area is 169 Å². The van der Waals surface area contributed by atoms with E-state index in [1.54, 1.807) is 24.3 Å². The third kappa shape index (κ3) is 5.45. The average molecular weight is 405 g/mol. The summed E-state index contributed by atoms with van der Waals surface area (Å²) < 4.78 is 7.21. The molecule has 1 atom stereocenters. The van der Waals surface area contributed by atoms with Crippen LogP contribution >= 0.6 is 11.6 Å². The van der Waals surface area contributed by atoms with E-state index in [-0.39, 0.29) is 24.7 Å². The first-order valence-corrected chi connectivity index (χ1v) is 9.48. The number of ketones is 1. The number of carbonyl (C=O) groups excluding carboxylic acids is 3. The van der Waals surface area contributed by atoms with Gasteiger partial charge in [-0.1, -0.05) is 23.7 Å². The largest absolute Gasteiger partial charge is 0.457 e. The number of halogens is 1. The standard InChI is InChI=1S/C21H25ClN2O4/c1-5-24-13(2)10-18(14(24)3)20(26)12-28-21(27)11-19(23-15(4)25)16-6-8-17(22)9-7-16/h6-10,19H,5,11-12H2,1-4H3,(H,23,25). The van der Waals surface area contributed by atoms with E-state index in [0.717, 1.165) is 23.5 Å². The molecule has 0 aliphatic carbocycles. The molecule has 0 aliphatic heterocycles. The first-order chi connectivity index (χ1) is 13.2. The van der Waals surface area contributed by atoms with Crippen molar-refractivity contribution in [1.82, 2.24) is 9.88 Å². The molecule has 0 bridgehead atoms. The molecule has 1 aromatic carbocycles. The molecule has 0 radical (unpaired) electrons. The first kappa shape index (κ1) is 21.7. The molecule has 6 nitrogen and oxygen atoms in total. The van der Waals surface area contributed by atoms with Gasteiger partial charge in [-0.25, -0.2) is 0 Å². The van der Waals surface area contributed by atoms with Crippen molar-refractivity contribution in [1.29, 1.82) is 0 Å². The second kappa shape index (κ2) is 9.55. The molecule has 2 rings (SSSR count). The van der Waals surface area contributed by atoms with Gasteiger partial charge < -0.3 is 14.6 Å². The molecule has 150 valence electrons. The third-order valence-corrected chi connectivity index (χ3v) is 4.83. The number of aromatic nitrogens is 1. The molecule has 1 heterocycles. The Morgan fingerprint density at radius 3 is 2.36 bits per heavy atom. The number of ether oxygens (including phenoxy) is 1. The lowest BCUT2D eigenvalue weighted by atomic mass is 10.0. The Morgan fingerprint density at radius 1 is 1.18 bits per heavy atom. The number of hydrogen-bond acceptors (Lipinski definition) is 4. The van der Waals surface area contributed by atoms with E-state index >= 15 is 0 Å². The van der Waals surface area contributed by atoms with Crippen molar-refractivity contribution in [2.24, 2.45) is 0 Å². The van der Waals surface area contributed by atoms with Crippen LogP contribution in [0.5, 0.6) is 0 Å². The van der Waals surface area contributed by atoms with Crippen LogP contribution in [0.2, 0.25) is 5.02 Å². The number of amides is 1. The summed E-state index contributed by atoms with van der Waals surface area (Å²) >= 11 is 5.89. The van der Waals surface area contributed by atoms with E-state index in [2.05, 4.69) is 5.32 Å². The van der Waals surface area contributed by atoms with Gasteiger partial charge in [0.25, 0.3) is 0 Å². The lowest BCUT2D eigenvalue weighted by Gasteiger charge is -2.17. The summed E-state index contributed by atoms with van der Waals surface area (Å²) in [4.78, 5) is 36.2. The summed E-state index contributed by atoms with van der Waals surface area (Å²) in [7, 11) is 0. The molecule has 7 heteroatoms. The monoisotopic (exact) mass is 404 g/mol. The topological polar surface area (TPSA) is 77.4 Å². The van der Waals surface area contributed by atoms with Crippen molar-refractivity contribution >= 4 is 29.3 Å². The van der Waals surface area contributed by atoms with Gasteiger partial charge in [0, 0.05) is 35.4 Å². The van der Waals surface area contributed by atoms with E-state index in [1.165, 1.54) is 6.92 Å². The zero-order valence-corrected chi connectivity index (χ0v) is 17.3. The van der Waals surface area contributed by atoms with Gasteiger partial charge in [-0.15, -0.1) is 0 Å². The van der Waals surface area contributed by atoms with Crippen molar-refractivity contribution in [3.63, 3.8) is 0 Å². The van der Waals surface area contributed by atoms with Crippen LogP contribution in [-0.4, -0.2) is 28.8 Å². The lowest BCUT2D eigenvalue weighted by molar-refractivity contribution is -0.143. The highest BCUT2D eigenvalue weighted by atomic mass is 35.5. The summed E-state index contributed by atoms with van der Waals surface area (Å²) in [5, 5.41) is 3.28. The third-order valence-electron chi connectivity index (χ3n) is 4.58. The van der Waals surface area contributed by atoms with Crippen molar-refractivity contribution in [2.45, 2.75) is 46.7 Å². The molecule has 0 saturated heterocycles. The van der Waals surface area contributed by atoms with Crippen LogP contribution in [-0.2, 0) is 20.9 Å². The molecule has 28 heavy (non-hydrogen) atoms. The number of esters is 1. The van der Waals surface area contributed by atoms with Crippen LogP contribution in [0.1, 0.15) is 53.6 Å². The Kier molecular flexibility index (Phi) is 7.40. The second-order valence-electron chi connectivity index (χ2n) is 6.62. The number of aryl methyl sites for hydroxylation is 1. The van der Waals surface area contributed by atoms with Crippen molar-refractivity contribution < 1.29 is 19.1 Å². The summed E-state index contributed by atoms with van der Waals surface area (Å²) in [6.45, 7) is 7.63. The van der Waals surface area contributed by atoms with E-state index in [0.29, 0.717) is 10.6 Å². The lowest BCUT2D eigenvalue weighted by Crippen LogP contribution is -2.29. The number of Topliss-reactive ketones (excluding diaryl/α,β-unsaturated/α-hetero) is 1. The van der Waals surface area contributed by atoms with Gasteiger partial charge >= 0.3 is 5.97 Å². The van der Waals surface area contributed by atoms with Crippen LogP contribution in [0.3, 0.4) is 0 Å². The predicted molar refractivity (Wildman–Crippen MR) is 107 cm³/mol. The van der Waals surface area contributed by atoms with Gasteiger partial charge in [0.2, 0.25) is 11.7 Å². The van der Waals surface area contributed by atoms with E-state index in [1.807, 2.05) is 31.4 Å². The van der Waals surface area contributed by atoms with Gasteiger partial charge in [0.05, 0.1) is 12.5 Å². The number of carbonyl (C=O) groups is 3. The normalized spacial score (nSPS) is 11.8. The summed E-state index contributed by atoms with van der Waals surface area (Å²) in [5.74, 6) is -1.08. The van der Waals surface area contributed by atoms with Gasteiger partial charge in [-0.2, -0.15) is 0 Å². The molecule has 1 aromatic heterocycles. The van der Waals surface area contributed by atoms with E-state index < -0.39 is 12.0 Å². The highest BCUT2D eigenvalue weighted by Gasteiger charge is 2.20. The van der Waals surface area contributed by atoms with Gasteiger partial charge in [-0.05, 0) is 44.5 Å². The van der Waals surface area contributed by atoms with E-state index in [4.69, 9.17) is 16.3 Å². The maximum Gasteiger partial charge on any atom is 0.308 e. The zero-order chi connectivity index (χ0) is 20.8. The van der Waals surface area contributed by atoms with Gasteiger partial charge in [0.15, 0.2) is 6.61 Å². The van der Waals surface area contributed by atoms with Crippen LogP contribution in [0.25, 0.3) is 0 Å². The SMILES string of the molecule is CCn1c(C)cc(C(=O)COC(=O)CC(NC(C)=O)c2ccc(Cl)cc2)c1C. The molecule has 0 saturated carbocycles. The molecular formula is C21H25ClN2O4. The average Bonchev–Trinajstić information content (AvgIpc) is 2.93. The Hall–Kier alpha value is -2.60. The minimum Gasteiger partial charge on any atom is -0.457 e. The first-order valence-electron chi connectivity index (χ1n) is 9.11. The summed E-state index contributed by atoms with van der Waals surface area (Å²) in [6, 6.07) is 8.10. The molecule has 1 amide bonds. The molecule has 0 fully saturated rings. The van der Waals surface area contributed by atoms with Crippen LogP contribution in [0.15, 0.2) is 30.3 Å². The van der Waals surface area contributed by atoms with Crippen molar-refractivity contribution in [2.75, 3.05) is 6.61 Å². The fraction of sp³-hybridized carbons (Fsp3) is 0.381. The number of rotatable bonds is 8. The smallest absolute Gasteiger partial charge is 0.308 e. The molecule has 0 aliphatic rings. The van der Waals surface area contributed by atoms with Gasteiger partial charge in [-0.3, -0.25) is 14.4 Å². The number of nitrogens with zero attached hydrogens (tertiary/aromatic N) is 1. The number of hydrogen-bond donors (Lipinski definition) is 1. The fourth-order valence-corrected chi connectivity index (χ4v) is 3.34. The molecule has 0 spiro atoms. The Morgan fingerprint density at radius 2 is 1.82 bits per heavy atom. The van der Waals surface area contributed by atoms with Crippen LogP contribution in [0, 0.1) is 13.8 Å². The maximum atomic E-state index is 12.4. The number of nitrogens with one attached hydrogen (secondary N) is 1.